The molecule has 1 aromatic rings. The van der Waals surface area contributed by atoms with E-state index in [-0.39, 0.29) is 11.3 Å². The van der Waals surface area contributed by atoms with E-state index in [0.717, 1.165) is 35.3 Å². The van der Waals surface area contributed by atoms with Crippen molar-refractivity contribution in [2.75, 3.05) is 13.7 Å². The maximum atomic E-state index is 12.0. The van der Waals surface area contributed by atoms with Crippen molar-refractivity contribution in [1.29, 1.82) is 0 Å². The zero-order valence-electron chi connectivity index (χ0n) is 11.9. The molecule has 104 valence electrons. The number of hydrogen-bond acceptors (Lipinski definition) is 3. The molecule has 19 heavy (non-hydrogen) atoms. The first-order valence-corrected chi connectivity index (χ1v) is 6.65. The number of nitrogens with two attached hydrogens (primary N) is 1. The Hall–Kier alpha value is -1.55. The molecule has 1 aliphatic carbocycles. The topological polar surface area (TPSA) is 64.3 Å². The Morgan fingerprint density at radius 1 is 1.37 bits per heavy atom. The Morgan fingerprint density at radius 3 is 2.58 bits per heavy atom. The van der Waals surface area contributed by atoms with Gasteiger partial charge in [0.15, 0.2) is 0 Å². The minimum atomic E-state index is -0.282. The van der Waals surface area contributed by atoms with E-state index < -0.39 is 0 Å². The monoisotopic (exact) mass is 262 g/mol. The number of carbonyl (C=O) groups is 1. The van der Waals surface area contributed by atoms with Crippen molar-refractivity contribution in [3.63, 3.8) is 0 Å². The Morgan fingerprint density at radius 2 is 2.05 bits per heavy atom. The second-order valence-electron chi connectivity index (χ2n) is 5.42. The molecule has 0 bridgehead atoms. The van der Waals surface area contributed by atoms with Crippen LogP contribution >= 0.6 is 0 Å². The normalized spacial score (nSPS) is 16.0. The molecular formula is C15H22N2O2. The molecule has 1 saturated carbocycles. The molecule has 4 heteroatoms. The fraction of sp³-hybridized carbons (Fsp3) is 0.533. The van der Waals surface area contributed by atoms with Crippen molar-refractivity contribution in [3.05, 3.63) is 28.8 Å². The third-order valence-corrected chi connectivity index (χ3v) is 4.02. The third-order valence-electron chi connectivity index (χ3n) is 4.02. The molecule has 1 amide bonds. The number of nitrogens with one attached hydrogen (secondary N) is 1. The molecule has 0 saturated heterocycles. The molecule has 0 heterocycles. The van der Waals surface area contributed by atoms with Crippen LogP contribution in [-0.2, 0) is 11.3 Å². The quantitative estimate of drug-likeness (QED) is 0.848. The van der Waals surface area contributed by atoms with Crippen LogP contribution in [0.15, 0.2) is 12.1 Å². The van der Waals surface area contributed by atoms with Gasteiger partial charge in [-0.05, 0) is 49.4 Å². The van der Waals surface area contributed by atoms with E-state index in [2.05, 4.69) is 11.4 Å². The first-order chi connectivity index (χ1) is 9.02. The average molecular weight is 262 g/mol. The van der Waals surface area contributed by atoms with Crippen LogP contribution in [-0.4, -0.2) is 19.6 Å². The highest BCUT2D eigenvalue weighted by Gasteiger charge is 2.48. The number of aryl methyl sites for hydroxylation is 2. The van der Waals surface area contributed by atoms with Gasteiger partial charge in [-0.25, -0.2) is 0 Å². The summed E-state index contributed by atoms with van der Waals surface area (Å²) in [5, 5.41) is 3.00. The molecule has 4 nitrogen and oxygen atoms in total. The predicted molar refractivity (Wildman–Crippen MR) is 75.0 cm³/mol. The number of amides is 1. The van der Waals surface area contributed by atoms with Gasteiger partial charge in [-0.3, -0.25) is 4.79 Å². The lowest BCUT2D eigenvalue weighted by atomic mass is 10.0. The summed E-state index contributed by atoms with van der Waals surface area (Å²) in [4.78, 5) is 12.0. The van der Waals surface area contributed by atoms with E-state index in [4.69, 9.17) is 10.5 Å². The lowest BCUT2D eigenvalue weighted by Crippen LogP contribution is -2.36. The Balaban J connectivity index is 2.04. The fourth-order valence-electron chi connectivity index (χ4n) is 2.30. The molecule has 1 fully saturated rings. The molecule has 1 aromatic carbocycles. The van der Waals surface area contributed by atoms with E-state index >= 15 is 0 Å². The Bertz CT molecular complexity index is 493. The molecule has 1 aliphatic rings. The van der Waals surface area contributed by atoms with E-state index in [1.54, 1.807) is 7.11 Å². The van der Waals surface area contributed by atoms with Crippen LogP contribution in [0.25, 0.3) is 0 Å². The Kier molecular flexibility index (Phi) is 3.80. The SMILES string of the molecule is COc1cc(C)c(CNC(=O)C2(CN)CC2)cc1C. The van der Waals surface area contributed by atoms with E-state index in [0.29, 0.717) is 13.1 Å². The van der Waals surface area contributed by atoms with Gasteiger partial charge in [0.05, 0.1) is 12.5 Å². The summed E-state index contributed by atoms with van der Waals surface area (Å²) in [5.74, 6) is 0.969. The van der Waals surface area contributed by atoms with Gasteiger partial charge in [0.2, 0.25) is 5.91 Å². The van der Waals surface area contributed by atoms with Crippen LogP contribution in [0.4, 0.5) is 0 Å². The molecular weight excluding hydrogens is 240 g/mol. The van der Waals surface area contributed by atoms with E-state index in [1.165, 1.54) is 0 Å². The number of rotatable bonds is 5. The van der Waals surface area contributed by atoms with Gasteiger partial charge >= 0.3 is 0 Å². The minimum Gasteiger partial charge on any atom is -0.496 e. The second kappa shape index (κ2) is 5.21. The number of carbonyl (C=O) groups excluding carboxylic acids is 1. The first-order valence-electron chi connectivity index (χ1n) is 6.65. The van der Waals surface area contributed by atoms with Gasteiger partial charge < -0.3 is 15.8 Å². The van der Waals surface area contributed by atoms with Crippen molar-refractivity contribution in [2.24, 2.45) is 11.1 Å². The molecule has 2 rings (SSSR count). The highest BCUT2D eigenvalue weighted by molar-refractivity contribution is 5.85. The second-order valence-corrected chi connectivity index (χ2v) is 5.42. The van der Waals surface area contributed by atoms with Crippen LogP contribution in [0.2, 0.25) is 0 Å². The van der Waals surface area contributed by atoms with Crippen molar-refractivity contribution >= 4 is 5.91 Å². The van der Waals surface area contributed by atoms with Crippen LogP contribution in [0.5, 0.6) is 5.75 Å². The standard InChI is InChI=1S/C15H22N2O2/c1-10-7-13(19-3)11(2)6-12(10)8-17-14(18)15(9-16)4-5-15/h6-7H,4-5,8-9,16H2,1-3H3,(H,17,18). The summed E-state index contributed by atoms with van der Waals surface area (Å²) in [7, 11) is 1.67. The summed E-state index contributed by atoms with van der Waals surface area (Å²) >= 11 is 0. The van der Waals surface area contributed by atoms with Crippen LogP contribution in [0.3, 0.4) is 0 Å². The first kappa shape index (κ1) is 13.9. The van der Waals surface area contributed by atoms with Crippen molar-refractivity contribution in [3.8, 4) is 5.75 Å². The van der Waals surface area contributed by atoms with E-state index in [9.17, 15) is 4.79 Å². The van der Waals surface area contributed by atoms with Crippen molar-refractivity contribution in [2.45, 2.75) is 33.2 Å². The van der Waals surface area contributed by atoms with E-state index in [1.807, 2.05) is 19.9 Å². The fourth-order valence-corrected chi connectivity index (χ4v) is 2.30. The van der Waals surface area contributed by atoms with Gasteiger partial charge in [-0.2, -0.15) is 0 Å². The predicted octanol–water partition coefficient (Wildman–Crippen LogP) is 1.67. The zero-order chi connectivity index (χ0) is 14.0. The smallest absolute Gasteiger partial charge is 0.227 e. The van der Waals surface area contributed by atoms with Crippen LogP contribution in [0.1, 0.15) is 29.5 Å². The largest absolute Gasteiger partial charge is 0.496 e. The van der Waals surface area contributed by atoms with Crippen LogP contribution in [0, 0.1) is 19.3 Å². The number of benzene rings is 1. The van der Waals surface area contributed by atoms with Gasteiger partial charge in [0.1, 0.15) is 5.75 Å². The molecule has 0 radical (unpaired) electrons. The van der Waals surface area contributed by atoms with Gasteiger partial charge in [-0.1, -0.05) is 6.07 Å². The molecule has 0 atom stereocenters. The lowest BCUT2D eigenvalue weighted by Gasteiger charge is -2.15. The highest BCUT2D eigenvalue weighted by Crippen LogP contribution is 2.44. The number of methoxy groups -OCH3 is 1. The third kappa shape index (κ3) is 2.73. The lowest BCUT2D eigenvalue weighted by molar-refractivity contribution is -0.126. The summed E-state index contributed by atoms with van der Waals surface area (Å²) in [6.45, 7) is 5.03. The summed E-state index contributed by atoms with van der Waals surface area (Å²) in [5.41, 5.74) is 8.70. The molecule has 0 spiro atoms. The minimum absolute atomic E-state index is 0.0860. The highest BCUT2D eigenvalue weighted by atomic mass is 16.5. The summed E-state index contributed by atoms with van der Waals surface area (Å²) in [6.07, 6.45) is 1.83. The Labute approximate surface area is 114 Å². The van der Waals surface area contributed by atoms with Crippen molar-refractivity contribution < 1.29 is 9.53 Å². The molecule has 0 unspecified atom stereocenters. The van der Waals surface area contributed by atoms with Crippen LogP contribution < -0.4 is 15.8 Å². The van der Waals surface area contributed by atoms with Gasteiger partial charge in [0.25, 0.3) is 0 Å². The zero-order valence-corrected chi connectivity index (χ0v) is 11.9. The van der Waals surface area contributed by atoms with Gasteiger partial charge in [0, 0.05) is 13.1 Å². The number of hydrogen-bond donors (Lipinski definition) is 2. The molecule has 0 aromatic heterocycles. The maximum Gasteiger partial charge on any atom is 0.227 e. The molecule has 3 N–H and O–H groups in total. The van der Waals surface area contributed by atoms with Crippen molar-refractivity contribution in [1.82, 2.24) is 5.32 Å². The summed E-state index contributed by atoms with van der Waals surface area (Å²) < 4.78 is 5.28. The maximum absolute atomic E-state index is 12.0. The average Bonchev–Trinajstić information content (AvgIpc) is 3.20. The molecule has 0 aliphatic heterocycles. The summed E-state index contributed by atoms with van der Waals surface area (Å²) in [6, 6.07) is 4.07. The van der Waals surface area contributed by atoms with Gasteiger partial charge in [-0.15, -0.1) is 0 Å². The number of ether oxygens (including phenoxy) is 1.